The summed E-state index contributed by atoms with van der Waals surface area (Å²) in [5, 5.41) is 8.84. The number of pyridine rings is 1. The fourth-order valence-electron chi connectivity index (χ4n) is 2.01. The Balaban J connectivity index is 2.28. The molecule has 1 heterocycles. The van der Waals surface area contributed by atoms with Gasteiger partial charge in [-0.2, -0.15) is 0 Å². The molecule has 3 heteroatoms. The van der Waals surface area contributed by atoms with E-state index in [-0.39, 0.29) is 11.1 Å². The monoisotopic (exact) mass is 269 g/mol. The third kappa shape index (κ3) is 2.87. The van der Waals surface area contributed by atoms with Gasteiger partial charge in [0, 0.05) is 11.8 Å². The van der Waals surface area contributed by atoms with Crippen LogP contribution in [-0.2, 0) is 5.41 Å². The molecule has 104 valence electrons. The molecule has 0 saturated heterocycles. The number of hydrogen-bond donors (Lipinski definition) is 1. The van der Waals surface area contributed by atoms with Crippen LogP contribution in [0.3, 0.4) is 0 Å². The van der Waals surface area contributed by atoms with Crippen LogP contribution < -0.4 is 0 Å². The molecule has 0 atom stereocenters. The van der Waals surface area contributed by atoms with E-state index in [0.717, 1.165) is 17.5 Å². The molecule has 0 amide bonds. The van der Waals surface area contributed by atoms with E-state index in [1.165, 1.54) is 11.6 Å². The zero-order chi connectivity index (χ0) is 14.8. The Labute approximate surface area is 119 Å². The van der Waals surface area contributed by atoms with Crippen LogP contribution in [0.15, 0.2) is 42.6 Å². The van der Waals surface area contributed by atoms with E-state index in [1.807, 2.05) is 0 Å². The SMILES string of the molecule is CCC(C)(C)c1ccc(-c2ccc(C(=O)O)nc2)cc1. The average Bonchev–Trinajstić information content (AvgIpc) is 2.47. The summed E-state index contributed by atoms with van der Waals surface area (Å²) in [5.41, 5.74) is 3.52. The molecule has 1 aromatic heterocycles. The van der Waals surface area contributed by atoms with E-state index < -0.39 is 5.97 Å². The Morgan fingerprint density at radius 2 is 1.70 bits per heavy atom. The summed E-state index contributed by atoms with van der Waals surface area (Å²) in [7, 11) is 0. The van der Waals surface area contributed by atoms with Crippen LogP contribution >= 0.6 is 0 Å². The lowest BCUT2D eigenvalue weighted by atomic mass is 9.82. The standard InChI is InChI=1S/C17H19NO2/c1-4-17(2,3)14-8-5-12(6-9-14)13-7-10-15(16(19)20)18-11-13/h5-11H,4H2,1-3H3,(H,19,20). The molecule has 0 aliphatic carbocycles. The number of rotatable bonds is 4. The highest BCUT2D eigenvalue weighted by molar-refractivity contribution is 5.85. The lowest BCUT2D eigenvalue weighted by Crippen LogP contribution is -2.14. The summed E-state index contributed by atoms with van der Waals surface area (Å²) >= 11 is 0. The summed E-state index contributed by atoms with van der Waals surface area (Å²) in [5.74, 6) is -1.00. The lowest BCUT2D eigenvalue weighted by Gasteiger charge is -2.23. The second-order valence-corrected chi connectivity index (χ2v) is 5.55. The molecule has 2 rings (SSSR count). The number of carboxylic acid groups (broad SMARTS) is 1. The van der Waals surface area contributed by atoms with E-state index in [4.69, 9.17) is 5.11 Å². The first-order chi connectivity index (χ1) is 9.44. The van der Waals surface area contributed by atoms with Crippen molar-refractivity contribution in [1.29, 1.82) is 0 Å². The summed E-state index contributed by atoms with van der Waals surface area (Å²) in [4.78, 5) is 14.7. The van der Waals surface area contributed by atoms with Gasteiger partial charge < -0.3 is 5.11 Å². The van der Waals surface area contributed by atoms with Crippen molar-refractivity contribution >= 4 is 5.97 Å². The van der Waals surface area contributed by atoms with Gasteiger partial charge in [-0.15, -0.1) is 0 Å². The van der Waals surface area contributed by atoms with Crippen molar-refractivity contribution in [1.82, 2.24) is 4.98 Å². The fraction of sp³-hybridized carbons (Fsp3) is 0.294. The second kappa shape index (κ2) is 5.45. The maximum atomic E-state index is 10.8. The highest BCUT2D eigenvalue weighted by Crippen LogP contribution is 2.28. The molecule has 0 fully saturated rings. The highest BCUT2D eigenvalue weighted by Gasteiger charge is 2.17. The molecule has 0 saturated carbocycles. The van der Waals surface area contributed by atoms with E-state index in [2.05, 4.69) is 50.0 Å². The van der Waals surface area contributed by atoms with Gasteiger partial charge in [0.25, 0.3) is 0 Å². The maximum absolute atomic E-state index is 10.8. The minimum atomic E-state index is -1.00. The molecule has 0 spiro atoms. The topological polar surface area (TPSA) is 50.2 Å². The summed E-state index contributed by atoms with van der Waals surface area (Å²) in [6.45, 7) is 6.64. The molecule has 3 nitrogen and oxygen atoms in total. The molecule has 0 radical (unpaired) electrons. The van der Waals surface area contributed by atoms with Crippen LogP contribution in [0.1, 0.15) is 43.2 Å². The van der Waals surface area contributed by atoms with Crippen LogP contribution in [-0.4, -0.2) is 16.1 Å². The smallest absolute Gasteiger partial charge is 0.354 e. The molecule has 2 aromatic rings. The van der Waals surface area contributed by atoms with Crippen LogP contribution in [0.2, 0.25) is 0 Å². The van der Waals surface area contributed by atoms with Gasteiger partial charge in [0.15, 0.2) is 0 Å². The predicted molar refractivity (Wildman–Crippen MR) is 79.9 cm³/mol. The number of aromatic carboxylic acids is 1. The number of carbonyl (C=O) groups is 1. The predicted octanol–water partition coefficient (Wildman–Crippen LogP) is 4.13. The van der Waals surface area contributed by atoms with Crippen LogP contribution in [0.25, 0.3) is 11.1 Å². The molecule has 0 aliphatic heterocycles. The minimum absolute atomic E-state index is 0.0671. The van der Waals surface area contributed by atoms with Gasteiger partial charge in [0.2, 0.25) is 0 Å². The molecule has 0 bridgehead atoms. The average molecular weight is 269 g/mol. The zero-order valence-corrected chi connectivity index (χ0v) is 12.1. The van der Waals surface area contributed by atoms with Crippen molar-refractivity contribution in [3.8, 4) is 11.1 Å². The van der Waals surface area contributed by atoms with Crippen molar-refractivity contribution in [2.45, 2.75) is 32.6 Å². The van der Waals surface area contributed by atoms with Gasteiger partial charge in [-0.25, -0.2) is 9.78 Å². The maximum Gasteiger partial charge on any atom is 0.354 e. The molecule has 20 heavy (non-hydrogen) atoms. The quantitative estimate of drug-likeness (QED) is 0.907. The van der Waals surface area contributed by atoms with Gasteiger partial charge >= 0.3 is 5.97 Å². The molecule has 1 aromatic carbocycles. The number of aromatic nitrogens is 1. The van der Waals surface area contributed by atoms with Gasteiger partial charge in [-0.3, -0.25) is 0 Å². The second-order valence-electron chi connectivity index (χ2n) is 5.55. The Hall–Kier alpha value is -2.16. The largest absolute Gasteiger partial charge is 0.477 e. The summed E-state index contributed by atoms with van der Waals surface area (Å²) in [6.07, 6.45) is 2.69. The third-order valence-electron chi connectivity index (χ3n) is 3.87. The van der Waals surface area contributed by atoms with Crippen molar-refractivity contribution < 1.29 is 9.90 Å². The van der Waals surface area contributed by atoms with Crippen molar-refractivity contribution in [3.05, 3.63) is 53.9 Å². The number of carboxylic acids is 1. The zero-order valence-electron chi connectivity index (χ0n) is 12.1. The Bertz CT molecular complexity index is 598. The van der Waals surface area contributed by atoms with Crippen LogP contribution in [0.4, 0.5) is 0 Å². The van der Waals surface area contributed by atoms with Gasteiger partial charge in [-0.05, 0) is 29.0 Å². The van der Waals surface area contributed by atoms with E-state index >= 15 is 0 Å². The van der Waals surface area contributed by atoms with Crippen molar-refractivity contribution in [2.24, 2.45) is 0 Å². The first-order valence-electron chi connectivity index (χ1n) is 6.74. The Morgan fingerprint density at radius 3 is 2.15 bits per heavy atom. The highest BCUT2D eigenvalue weighted by atomic mass is 16.4. The van der Waals surface area contributed by atoms with Gasteiger partial charge in [0.1, 0.15) is 5.69 Å². The van der Waals surface area contributed by atoms with Gasteiger partial charge in [0.05, 0.1) is 0 Å². The first kappa shape index (κ1) is 14.3. The summed E-state index contributed by atoms with van der Waals surface area (Å²) in [6, 6.07) is 11.7. The third-order valence-corrected chi connectivity index (χ3v) is 3.87. The van der Waals surface area contributed by atoms with E-state index in [0.29, 0.717) is 0 Å². The van der Waals surface area contributed by atoms with Gasteiger partial charge in [-0.1, -0.05) is 51.1 Å². The van der Waals surface area contributed by atoms with Crippen molar-refractivity contribution in [3.63, 3.8) is 0 Å². The van der Waals surface area contributed by atoms with Crippen LogP contribution in [0.5, 0.6) is 0 Å². The number of benzene rings is 1. The normalized spacial score (nSPS) is 11.3. The summed E-state index contributed by atoms with van der Waals surface area (Å²) < 4.78 is 0. The molecule has 1 N–H and O–H groups in total. The van der Waals surface area contributed by atoms with Crippen LogP contribution in [0, 0.1) is 0 Å². The number of hydrogen-bond acceptors (Lipinski definition) is 2. The van der Waals surface area contributed by atoms with E-state index in [9.17, 15) is 4.79 Å². The molecule has 0 aliphatic rings. The molecular weight excluding hydrogens is 250 g/mol. The molecular formula is C17H19NO2. The Kier molecular flexibility index (Phi) is 3.89. The Morgan fingerprint density at radius 1 is 1.10 bits per heavy atom. The van der Waals surface area contributed by atoms with Crippen molar-refractivity contribution in [2.75, 3.05) is 0 Å². The first-order valence-corrected chi connectivity index (χ1v) is 6.74. The van der Waals surface area contributed by atoms with E-state index in [1.54, 1.807) is 12.3 Å². The molecule has 0 unspecified atom stereocenters. The lowest BCUT2D eigenvalue weighted by molar-refractivity contribution is 0.0690. The minimum Gasteiger partial charge on any atom is -0.477 e. The fourth-order valence-corrected chi connectivity index (χ4v) is 2.01. The number of nitrogens with zero attached hydrogens (tertiary/aromatic N) is 1.